The van der Waals surface area contributed by atoms with Gasteiger partial charge in [-0.05, 0) is 70.6 Å². The number of methoxy groups -OCH3 is 1. The molecule has 0 saturated carbocycles. The second kappa shape index (κ2) is 11.4. The predicted molar refractivity (Wildman–Crippen MR) is 130 cm³/mol. The Morgan fingerprint density at radius 2 is 1.88 bits per heavy atom. The van der Waals surface area contributed by atoms with Crippen molar-refractivity contribution in [2.24, 2.45) is 0 Å². The van der Waals surface area contributed by atoms with Crippen LogP contribution in [-0.4, -0.2) is 43.0 Å². The predicted octanol–water partition coefficient (Wildman–Crippen LogP) is 4.69. The van der Waals surface area contributed by atoms with E-state index < -0.39 is 6.04 Å². The van der Waals surface area contributed by atoms with Gasteiger partial charge in [0.2, 0.25) is 5.91 Å². The summed E-state index contributed by atoms with van der Waals surface area (Å²) in [5.74, 6) is 0.788. The number of carbonyl (C=O) groups excluding carboxylic acids is 2. The lowest BCUT2D eigenvalue weighted by molar-refractivity contribution is -0.142. The van der Waals surface area contributed by atoms with Crippen LogP contribution in [0.2, 0.25) is 0 Å². The van der Waals surface area contributed by atoms with Gasteiger partial charge < -0.3 is 19.7 Å². The number of halogens is 1. The minimum Gasteiger partial charge on any atom is -0.497 e. The van der Waals surface area contributed by atoms with E-state index in [9.17, 15) is 9.59 Å². The van der Waals surface area contributed by atoms with Gasteiger partial charge in [0.05, 0.1) is 11.6 Å². The highest BCUT2D eigenvalue weighted by Crippen LogP contribution is 2.31. The Hall–Kier alpha value is -2.54. The molecule has 6 nitrogen and oxygen atoms in total. The molecule has 0 heterocycles. The Bertz CT molecular complexity index is 940. The highest BCUT2D eigenvalue weighted by molar-refractivity contribution is 9.10. The van der Waals surface area contributed by atoms with Gasteiger partial charge in [0.15, 0.2) is 6.61 Å². The quantitative estimate of drug-likeness (QED) is 0.537. The second-order valence-electron chi connectivity index (χ2n) is 8.63. The van der Waals surface area contributed by atoms with E-state index in [0.717, 1.165) is 15.6 Å². The summed E-state index contributed by atoms with van der Waals surface area (Å²) in [5, 5.41) is 2.79. The number of nitrogens with one attached hydrogen (secondary N) is 1. The monoisotopic (exact) mass is 504 g/mol. The number of hydrogen-bond acceptors (Lipinski definition) is 4. The number of carbonyl (C=O) groups is 2. The number of benzene rings is 2. The normalized spacial score (nSPS) is 12.1. The van der Waals surface area contributed by atoms with Crippen LogP contribution in [0, 0.1) is 0 Å². The fourth-order valence-corrected chi connectivity index (χ4v) is 3.67. The van der Waals surface area contributed by atoms with Crippen molar-refractivity contribution in [2.45, 2.75) is 52.6 Å². The van der Waals surface area contributed by atoms with Gasteiger partial charge in [-0.25, -0.2) is 0 Å². The van der Waals surface area contributed by atoms with Crippen molar-refractivity contribution < 1.29 is 19.1 Å². The molecule has 32 heavy (non-hydrogen) atoms. The Labute approximate surface area is 199 Å². The zero-order valence-corrected chi connectivity index (χ0v) is 21.3. The molecule has 0 aliphatic carbocycles. The molecular formula is C25H33BrN2O4. The minimum atomic E-state index is -0.649. The van der Waals surface area contributed by atoms with Gasteiger partial charge in [0, 0.05) is 13.1 Å². The van der Waals surface area contributed by atoms with Crippen LogP contribution in [0.3, 0.4) is 0 Å². The Morgan fingerprint density at radius 3 is 2.47 bits per heavy atom. The van der Waals surface area contributed by atoms with Crippen molar-refractivity contribution in [1.82, 2.24) is 10.2 Å². The standard InChI is InChI=1S/C25H33BrN2O4/c1-7-27-24(30)17(2)28(15-18-9-8-10-20(13-18)31-6)23(29)16-32-22-12-11-19(14-21(22)26)25(3,4)5/h8-14,17H,7,15-16H2,1-6H3,(H,27,30). The molecule has 0 aliphatic rings. The fraction of sp³-hybridized carbons (Fsp3) is 0.440. The third-order valence-corrected chi connectivity index (χ3v) is 5.77. The highest BCUT2D eigenvalue weighted by Gasteiger charge is 2.26. The molecule has 174 valence electrons. The summed E-state index contributed by atoms with van der Waals surface area (Å²) >= 11 is 3.54. The number of likely N-dealkylation sites (N-methyl/N-ethyl adjacent to an activating group) is 1. The summed E-state index contributed by atoms with van der Waals surface area (Å²) in [7, 11) is 1.59. The molecule has 0 bridgehead atoms. The first-order chi connectivity index (χ1) is 15.1. The van der Waals surface area contributed by atoms with Gasteiger partial charge in [-0.15, -0.1) is 0 Å². The van der Waals surface area contributed by atoms with Gasteiger partial charge in [-0.2, -0.15) is 0 Å². The molecule has 1 unspecified atom stereocenters. The number of ether oxygens (including phenoxy) is 2. The minimum absolute atomic E-state index is 0.00643. The largest absolute Gasteiger partial charge is 0.497 e. The van der Waals surface area contributed by atoms with Gasteiger partial charge in [-0.1, -0.05) is 39.0 Å². The maximum absolute atomic E-state index is 13.1. The maximum Gasteiger partial charge on any atom is 0.261 e. The van der Waals surface area contributed by atoms with E-state index in [1.54, 1.807) is 14.0 Å². The smallest absolute Gasteiger partial charge is 0.261 e. The molecule has 0 spiro atoms. The molecule has 0 aliphatic heterocycles. The Balaban J connectivity index is 2.19. The summed E-state index contributed by atoms with van der Waals surface area (Å²) in [6.07, 6.45) is 0. The van der Waals surface area contributed by atoms with Gasteiger partial charge >= 0.3 is 0 Å². The summed E-state index contributed by atoms with van der Waals surface area (Å²) < 4.78 is 11.9. The Morgan fingerprint density at radius 1 is 1.16 bits per heavy atom. The fourth-order valence-electron chi connectivity index (χ4n) is 3.18. The maximum atomic E-state index is 13.1. The SMILES string of the molecule is CCNC(=O)C(C)N(Cc1cccc(OC)c1)C(=O)COc1ccc(C(C)(C)C)cc1Br. The Kier molecular flexibility index (Phi) is 9.13. The van der Waals surface area contributed by atoms with E-state index >= 15 is 0 Å². The molecule has 0 radical (unpaired) electrons. The zero-order chi connectivity index (χ0) is 23.9. The van der Waals surface area contributed by atoms with Crippen molar-refractivity contribution in [3.63, 3.8) is 0 Å². The average Bonchev–Trinajstić information content (AvgIpc) is 2.75. The average molecular weight is 505 g/mol. The van der Waals surface area contributed by atoms with Crippen molar-refractivity contribution >= 4 is 27.7 Å². The molecule has 0 fully saturated rings. The number of rotatable bonds is 9. The molecule has 2 aromatic carbocycles. The lowest BCUT2D eigenvalue weighted by Gasteiger charge is -2.29. The first-order valence-electron chi connectivity index (χ1n) is 10.7. The van der Waals surface area contributed by atoms with Crippen molar-refractivity contribution in [3.05, 3.63) is 58.1 Å². The summed E-state index contributed by atoms with van der Waals surface area (Å²) in [6, 6.07) is 12.7. The van der Waals surface area contributed by atoms with Crippen LogP contribution < -0.4 is 14.8 Å². The van der Waals surface area contributed by atoms with E-state index in [0.29, 0.717) is 18.0 Å². The van der Waals surface area contributed by atoms with Crippen LogP contribution in [0.4, 0.5) is 0 Å². The molecule has 0 saturated heterocycles. The number of amides is 2. The topological polar surface area (TPSA) is 67.9 Å². The van der Waals surface area contributed by atoms with Crippen molar-refractivity contribution in [2.75, 3.05) is 20.3 Å². The molecular weight excluding hydrogens is 472 g/mol. The summed E-state index contributed by atoms with van der Waals surface area (Å²) in [4.78, 5) is 27.1. The molecule has 2 aromatic rings. The third kappa shape index (κ3) is 6.99. The van der Waals surface area contributed by atoms with Gasteiger partial charge in [0.1, 0.15) is 17.5 Å². The van der Waals surface area contributed by atoms with Crippen molar-refractivity contribution in [3.8, 4) is 11.5 Å². The molecule has 1 atom stereocenters. The van der Waals surface area contributed by atoms with E-state index in [2.05, 4.69) is 42.0 Å². The van der Waals surface area contributed by atoms with Gasteiger partial charge in [0.25, 0.3) is 5.91 Å². The van der Waals surface area contributed by atoms with Crippen LogP contribution in [0.15, 0.2) is 46.9 Å². The molecule has 0 aromatic heterocycles. The lowest BCUT2D eigenvalue weighted by Crippen LogP contribution is -2.49. The molecule has 2 rings (SSSR count). The zero-order valence-electron chi connectivity index (χ0n) is 19.7. The third-order valence-electron chi connectivity index (χ3n) is 5.15. The summed E-state index contributed by atoms with van der Waals surface area (Å²) in [6.45, 7) is 10.6. The number of nitrogens with zero attached hydrogens (tertiary/aromatic N) is 1. The first-order valence-corrected chi connectivity index (χ1v) is 11.5. The van der Waals surface area contributed by atoms with E-state index in [-0.39, 0.29) is 30.4 Å². The van der Waals surface area contributed by atoms with E-state index in [1.807, 2.05) is 49.4 Å². The second-order valence-corrected chi connectivity index (χ2v) is 9.48. The summed E-state index contributed by atoms with van der Waals surface area (Å²) in [5.41, 5.74) is 2.03. The molecule has 7 heteroatoms. The van der Waals surface area contributed by atoms with Crippen LogP contribution in [0.25, 0.3) is 0 Å². The van der Waals surface area contributed by atoms with E-state index in [4.69, 9.17) is 9.47 Å². The van der Waals surface area contributed by atoms with Gasteiger partial charge in [-0.3, -0.25) is 9.59 Å². The van der Waals surface area contributed by atoms with E-state index in [1.165, 1.54) is 4.90 Å². The van der Waals surface area contributed by atoms with Crippen molar-refractivity contribution in [1.29, 1.82) is 0 Å². The first kappa shape index (κ1) is 25.7. The van der Waals surface area contributed by atoms with Crippen LogP contribution in [0.1, 0.15) is 45.7 Å². The highest BCUT2D eigenvalue weighted by atomic mass is 79.9. The molecule has 2 amide bonds. The van der Waals surface area contributed by atoms with Crippen LogP contribution in [-0.2, 0) is 21.5 Å². The number of hydrogen-bond donors (Lipinski definition) is 1. The molecule has 1 N–H and O–H groups in total. The lowest BCUT2D eigenvalue weighted by atomic mass is 9.87. The van der Waals surface area contributed by atoms with Crippen LogP contribution >= 0.6 is 15.9 Å². The van der Waals surface area contributed by atoms with Crippen LogP contribution in [0.5, 0.6) is 11.5 Å².